The molecule has 0 unspecified atom stereocenters. The Kier molecular flexibility index (Phi) is 10.0. The van der Waals surface area contributed by atoms with Gasteiger partial charge in [0.15, 0.2) is 11.8 Å². The van der Waals surface area contributed by atoms with Crippen LogP contribution in [-0.2, 0) is 4.74 Å². The Balaban J connectivity index is 1.71. The normalized spacial score (nSPS) is 15.3. The first-order valence-electron chi connectivity index (χ1n) is 13.3. The van der Waals surface area contributed by atoms with Crippen molar-refractivity contribution in [3.63, 3.8) is 0 Å². The number of hydrazone groups is 1. The number of amides is 2. The molecule has 1 atom stereocenters. The first-order valence-corrected chi connectivity index (χ1v) is 13.7. The van der Waals surface area contributed by atoms with Crippen LogP contribution in [0.2, 0.25) is 5.02 Å². The van der Waals surface area contributed by atoms with Gasteiger partial charge >= 0.3 is 18.8 Å². The number of nitrogens with two attached hydrogens (primary N) is 3. The van der Waals surface area contributed by atoms with E-state index in [0.29, 0.717) is 15.8 Å². The molecular formula is C27H28ClF5N10O3. The maximum atomic E-state index is 14.0. The summed E-state index contributed by atoms with van der Waals surface area (Å²) in [5.41, 5.74) is 7.29. The highest BCUT2D eigenvalue weighted by molar-refractivity contribution is 6.34. The number of hydrogen-bond donors (Lipinski definition) is 5. The highest BCUT2D eigenvalue weighted by atomic mass is 35.5. The number of aliphatic imine (C=N–C) groups is 1. The summed E-state index contributed by atoms with van der Waals surface area (Å²) in [5, 5.41) is 9.10. The van der Waals surface area contributed by atoms with Gasteiger partial charge in [-0.05, 0) is 48.2 Å². The molecule has 0 spiro atoms. The molecule has 19 heteroatoms. The highest BCUT2D eigenvalue weighted by Gasteiger charge is 2.64. The molecule has 1 fully saturated rings. The quantitative estimate of drug-likeness (QED) is 0.0749. The molecule has 1 aromatic heterocycles. The maximum Gasteiger partial charge on any atom is 0.411 e. The van der Waals surface area contributed by atoms with E-state index in [0.717, 1.165) is 11.1 Å². The molecule has 1 heterocycles. The molecule has 8 N–H and O–H groups in total. The standard InChI is InChI=1S/C27H28ClF5N10O3/c1-37-24(34)43(22(44)15-4-2-14(3-5-15)17-11-38-42(12-17)23(29)30)20(13-46-25(45)39-26(8-9-26)27(31,32)33)16-6-7-19(28)18(10-16)21(40-35)41-36/h2-7,10-12,20,23H,8-9,13,35-36H2,1H3,(H2,34,37)(H,39,45)(H,40,41)/t20-/m1/s1. The Morgan fingerprint density at radius 3 is 2.37 bits per heavy atom. The van der Waals surface area contributed by atoms with Crippen LogP contribution in [0.3, 0.4) is 0 Å². The van der Waals surface area contributed by atoms with Crippen molar-refractivity contribution in [1.29, 1.82) is 0 Å². The minimum atomic E-state index is -4.70. The molecule has 0 radical (unpaired) electrons. The molecule has 46 heavy (non-hydrogen) atoms. The molecule has 13 nitrogen and oxygen atoms in total. The van der Waals surface area contributed by atoms with Crippen molar-refractivity contribution in [2.24, 2.45) is 27.5 Å². The molecular weight excluding hydrogens is 643 g/mol. The molecule has 3 aromatic rings. The van der Waals surface area contributed by atoms with E-state index in [1.54, 1.807) is 0 Å². The number of carbonyl (C=O) groups is 2. The topological polar surface area (TPSA) is 191 Å². The van der Waals surface area contributed by atoms with E-state index in [2.05, 4.69) is 20.6 Å². The number of rotatable bonds is 9. The first kappa shape index (κ1) is 33.9. The van der Waals surface area contributed by atoms with Crippen LogP contribution in [0.5, 0.6) is 0 Å². The molecule has 2 amide bonds. The summed E-state index contributed by atoms with van der Waals surface area (Å²) >= 11 is 6.30. The Morgan fingerprint density at radius 1 is 1.17 bits per heavy atom. The number of guanidine groups is 1. The zero-order valence-corrected chi connectivity index (χ0v) is 24.7. The van der Waals surface area contributed by atoms with Gasteiger partial charge in [0.2, 0.25) is 0 Å². The average molecular weight is 671 g/mol. The molecule has 1 aliphatic carbocycles. The summed E-state index contributed by atoms with van der Waals surface area (Å²) in [7, 11) is 1.29. The van der Waals surface area contributed by atoms with Crippen LogP contribution in [0.1, 0.15) is 46.9 Å². The summed E-state index contributed by atoms with van der Waals surface area (Å²) in [6.07, 6.45) is -4.35. The van der Waals surface area contributed by atoms with Gasteiger partial charge in [-0.1, -0.05) is 29.8 Å². The van der Waals surface area contributed by atoms with E-state index in [9.17, 15) is 31.5 Å². The number of aromatic nitrogens is 2. The SMILES string of the molecule is CN=C(N)N(C(=O)c1ccc(-c2cnn(C(F)F)c2)cc1)[C@H](COC(=O)NC1(C(F)(F)F)CC1)c1ccc(Cl)c(/C(=N/N)NN)c1. The number of alkyl carbamates (subject to hydrolysis) is 1. The van der Waals surface area contributed by atoms with Crippen molar-refractivity contribution in [1.82, 2.24) is 25.4 Å². The number of ether oxygens (including phenoxy) is 1. The van der Waals surface area contributed by atoms with Crippen LogP contribution in [0.4, 0.5) is 26.7 Å². The van der Waals surface area contributed by atoms with E-state index in [-0.39, 0.29) is 46.3 Å². The Labute approximate surface area is 263 Å². The summed E-state index contributed by atoms with van der Waals surface area (Å²) in [6, 6.07) is 8.73. The van der Waals surface area contributed by atoms with Crippen molar-refractivity contribution >= 4 is 35.4 Å². The van der Waals surface area contributed by atoms with Crippen LogP contribution in [0, 0.1) is 0 Å². The predicted molar refractivity (Wildman–Crippen MR) is 157 cm³/mol. The third kappa shape index (κ3) is 7.12. The smallest absolute Gasteiger partial charge is 0.411 e. The molecule has 4 rings (SSSR count). The summed E-state index contributed by atoms with van der Waals surface area (Å²) in [4.78, 5) is 31.4. The van der Waals surface area contributed by atoms with Crippen molar-refractivity contribution < 1.29 is 36.3 Å². The van der Waals surface area contributed by atoms with Crippen LogP contribution in [-0.4, -0.2) is 63.8 Å². The van der Waals surface area contributed by atoms with Gasteiger partial charge in [-0.3, -0.25) is 14.7 Å². The number of nitrogens with one attached hydrogen (secondary N) is 2. The van der Waals surface area contributed by atoms with E-state index in [1.807, 2.05) is 5.32 Å². The third-order valence-corrected chi connectivity index (χ3v) is 7.51. The third-order valence-electron chi connectivity index (χ3n) is 7.18. The fraction of sp³-hybridized carbons (Fsp3) is 0.296. The van der Waals surface area contributed by atoms with Crippen molar-refractivity contribution in [2.45, 2.75) is 37.1 Å². The van der Waals surface area contributed by atoms with E-state index in [1.165, 1.54) is 55.7 Å². The number of benzene rings is 2. The lowest BCUT2D eigenvalue weighted by atomic mass is 10.0. The predicted octanol–water partition coefficient (Wildman–Crippen LogP) is 3.63. The van der Waals surface area contributed by atoms with E-state index < -0.39 is 42.9 Å². The van der Waals surface area contributed by atoms with Crippen LogP contribution in [0.25, 0.3) is 11.1 Å². The average Bonchev–Trinajstić information content (AvgIpc) is 3.65. The van der Waals surface area contributed by atoms with E-state index in [4.69, 9.17) is 33.8 Å². The lowest BCUT2D eigenvalue weighted by Gasteiger charge is -2.31. The molecule has 1 saturated carbocycles. The molecule has 0 bridgehead atoms. The molecule has 0 aliphatic heterocycles. The van der Waals surface area contributed by atoms with Crippen molar-refractivity contribution in [2.75, 3.05) is 13.7 Å². The van der Waals surface area contributed by atoms with Crippen LogP contribution >= 0.6 is 11.6 Å². The zero-order valence-electron chi connectivity index (χ0n) is 23.9. The van der Waals surface area contributed by atoms with E-state index >= 15 is 0 Å². The Morgan fingerprint density at radius 2 is 1.85 bits per heavy atom. The van der Waals surface area contributed by atoms with Gasteiger partial charge in [-0.2, -0.15) is 32.2 Å². The number of hydrogen-bond acceptors (Lipinski definition) is 8. The lowest BCUT2D eigenvalue weighted by molar-refractivity contribution is -0.164. The molecule has 2 aromatic carbocycles. The van der Waals surface area contributed by atoms with Gasteiger partial charge < -0.3 is 27.1 Å². The fourth-order valence-electron chi connectivity index (χ4n) is 4.48. The second-order valence-corrected chi connectivity index (χ2v) is 10.4. The van der Waals surface area contributed by atoms with Gasteiger partial charge in [-0.15, -0.1) is 0 Å². The highest BCUT2D eigenvalue weighted by Crippen LogP contribution is 2.49. The van der Waals surface area contributed by atoms with Gasteiger partial charge in [-0.25, -0.2) is 15.3 Å². The number of hydrazine groups is 1. The lowest BCUT2D eigenvalue weighted by Crippen LogP contribution is -2.49. The van der Waals surface area contributed by atoms with Crippen LogP contribution < -0.4 is 28.2 Å². The number of nitrogens with zero attached hydrogens (tertiary/aromatic N) is 5. The Bertz CT molecular complexity index is 1640. The number of carbonyl (C=O) groups excluding carboxylic acids is 2. The molecule has 246 valence electrons. The Hall–Kier alpha value is -4.97. The van der Waals surface area contributed by atoms with Gasteiger partial charge in [0.05, 0.1) is 17.3 Å². The summed E-state index contributed by atoms with van der Waals surface area (Å²) in [6.45, 7) is -3.54. The van der Waals surface area contributed by atoms with Gasteiger partial charge in [0.25, 0.3) is 5.91 Å². The molecule has 1 aliphatic rings. The zero-order chi connectivity index (χ0) is 33.8. The number of halogens is 6. The molecule has 0 saturated heterocycles. The number of alkyl halides is 5. The maximum absolute atomic E-state index is 14.0. The number of amidine groups is 1. The van der Waals surface area contributed by atoms with Crippen molar-refractivity contribution in [3.05, 3.63) is 76.6 Å². The van der Waals surface area contributed by atoms with Crippen molar-refractivity contribution in [3.8, 4) is 11.1 Å². The van der Waals surface area contributed by atoms with Crippen LogP contribution in [0.15, 0.2) is 65.0 Å². The monoisotopic (exact) mass is 670 g/mol. The van der Waals surface area contributed by atoms with Gasteiger partial charge in [0, 0.05) is 29.9 Å². The second kappa shape index (κ2) is 13.6. The van der Waals surface area contributed by atoms with Gasteiger partial charge in [0.1, 0.15) is 12.1 Å². The summed E-state index contributed by atoms with van der Waals surface area (Å²) < 4.78 is 72.0. The fourth-order valence-corrected chi connectivity index (χ4v) is 4.68. The summed E-state index contributed by atoms with van der Waals surface area (Å²) in [5.74, 6) is 9.73. The first-order chi connectivity index (χ1) is 21.7. The minimum Gasteiger partial charge on any atom is -0.447 e. The second-order valence-electron chi connectivity index (χ2n) is 10.0. The minimum absolute atomic E-state index is 0.0436. The largest absolute Gasteiger partial charge is 0.447 e.